The van der Waals surface area contributed by atoms with E-state index < -0.39 is 0 Å². The number of methoxy groups -OCH3 is 1. The Hall–Kier alpha value is -1.77. The quantitative estimate of drug-likeness (QED) is 0.765. The lowest BCUT2D eigenvalue weighted by atomic mass is 9.92. The predicted molar refractivity (Wildman–Crippen MR) is 70.1 cm³/mol. The Labute approximate surface area is 107 Å². The van der Waals surface area contributed by atoms with Gasteiger partial charge in [-0.1, -0.05) is 12.1 Å². The monoisotopic (exact) mass is 246 g/mol. The number of hydrogen-bond acceptors (Lipinski definition) is 3. The third-order valence-corrected chi connectivity index (χ3v) is 3.12. The molecule has 0 N–H and O–H groups in total. The molecule has 0 saturated carbocycles. The molecule has 0 radical (unpaired) electrons. The number of esters is 1. The van der Waals surface area contributed by atoms with Gasteiger partial charge in [0, 0.05) is 13.3 Å². The normalized spacial score (nSPS) is 15.4. The Bertz CT molecular complexity index is 457. The van der Waals surface area contributed by atoms with Crippen molar-refractivity contribution >= 4 is 11.5 Å². The number of allylic oxidation sites excluding steroid dienone is 2. The maximum absolute atomic E-state index is 11.1. The molecule has 0 aliphatic heterocycles. The summed E-state index contributed by atoms with van der Waals surface area (Å²) in [6.45, 7) is 1.45. The number of carbonyl (C=O) groups excluding carboxylic acids is 1. The van der Waals surface area contributed by atoms with Crippen LogP contribution in [0.2, 0.25) is 0 Å². The molecule has 0 aromatic heterocycles. The van der Waals surface area contributed by atoms with E-state index in [9.17, 15) is 4.79 Å². The first-order valence-electron chi connectivity index (χ1n) is 6.25. The fraction of sp³-hybridized carbons (Fsp3) is 0.400. The summed E-state index contributed by atoms with van der Waals surface area (Å²) in [5, 5.41) is 0. The Balaban J connectivity index is 2.31. The second kappa shape index (κ2) is 5.71. The van der Waals surface area contributed by atoms with Crippen molar-refractivity contribution in [3.63, 3.8) is 0 Å². The minimum absolute atomic E-state index is 0.238. The molecule has 0 heterocycles. The van der Waals surface area contributed by atoms with Gasteiger partial charge in [-0.3, -0.25) is 4.79 Å². The van der Waals surface area contributed by atoms with Crippen LogP contribution < -0.4 is 4.74 Å². The molecule has 18 heavy (non-hydrogen) atoms. The third-order valence-electron chi connectivity index (χ3n) is 3.12. The Morgan fingerprint density at radius 3 is 2.39 bits per heavy atom. The van der Waals surface area contributed by atoms with Crippen molar-refractivity contribution in [2.75, 3.05) is 7.11 Å². The smallest absolute Gasteiger partial charge is 0.307 e. The maximum atomic E-state index is 11.1. The molecule has 3 heteroatoms. The fourth-order valence-electron chi connectivity index (χ4n) is 2.26. The van der Waals surface area contributed by atoms with Gasteiger partial charge in [0.1, 0.15) is 11.5 Å². The molecule has 3 nitrogen and oxygen atoms in total. The number of ether oxygens (including phenoxy) is 2. The summed E-state index contributed by atoms with van der Waals surface area (Å²) < 4.78 is 10.5. The summed E-state index contributed by atoms with van der Waals surface area (Å²) in [7, 11) is 1.65. The molecular formula is C15H18O3. The van der Waals surface area contributed by atoms with Crippen LogP contribution in [-0.4, -0.2) is 13.1 Å². The van der Waals surface area contributed by atoms with Crippen LogP contribution in [0.5, 0.6) is 5.75 Å². The largest absolute Gasteiger partial charge is 0.497 e. The summed E-state index contributed by atoms with van der Waals surface area (Å²) in [4.78, 5) is 11.1. The molecule has 0 saturated heterocycles. The van der Waals surface area contributed by atoms with Crippen LogP contribution in [0.4, 0.5) is 0 Å². The van der Waals surface area contributed by atoms with Gasteiger partial charge < -0.3 is 9.47 Å². The van der Waals surface area contributed by atoms with Crippen LogP contribution in [0.15, 0.2) is 30.0 Å². The molecule has 1 aliphatic rings. The van der Waals surface area contributed by atoms with Gasteiger partial charge in [-0.05, 0) is 42.5 Å². The van der Waals surface area contributed by atoms with Crippen LogP contribution in [0.25, 0.3) is 5.57 Å². The summed E-state index contributed by atoms with van der Waals surface area (Å²) in [6.07, 6.45) is 4.05. The highest BCUT2D eigenvalue weighted by Crippen LogP contribution is 2.33. The lowest BCUT2D eigenvalue weighted by Crippen LogP contribution is -2.06. The Morgan fingerprint density at radius 2 is 1.78 bits per heavy atom. The van der Waals surface area contributed by atoms with Gasteiger partial charge >= 0.3 is 5.97 Å². The zero-order valence-electron chi connectivity index (χ0n) is 10.9. The zero-order chi connectivity index (χ0) is 13.0. The number of hydrogen-bond donors (Lipinski definition) is 0. The average molecular weight is 246 g/mol. The van der Waals surface area contributed by atoms with Gasteiger partial charge in [0.25, 0.3) is 0 Å². The molecule has 0 unspecified atom stereocenters. The van der Waals surface area contributed by atoms with Gasteiger partial charge in [0.2, 0.25) is 0 Å². The summed E-state index contributed by atoms with van der Waals surface area (Å²) >= 11 is 0. The first-order valence-corrected chi connectivity index (χ1v) is 6.25. The lowest BCUT2D eigenvalue weighted by Gasteiger charge is -2.19. The highest BCUT2D eigenvalue weighted by Gasteiger charge is 2.17. The van der Waals surface area contributed by atoms with E-state index in [-0.39, 0.29) is 5.97 Å². The number of benzene rings is 1. The minimum atomic E-state index is -0.238. The van der Waals surface area contributed by atoms with Crippen molar-refractivity contribution in [3.05, 3.63) is 35.6 Å². The fourth-order valence-corrected chi connectivity index (χ4v) is 2.26. The van der Waals surface area contributed by atoms with Crippen molar-refractivity contribution in [2.24, 2.45) is 0 Å². The van der Waals surface area contributed by atoms with E-state index >= 15 is 0 Å². The van der Waals surface area contributed by atoms with E-state index in [4.69, 9.17) is 9.47 Å². The topological polar surface area (TPSA) is 35.5 Å². The SMILES string of the molecule is COc1ccc(C2=C(OC(C)=O)CCCC2)cc1. The molecule has 1 aromatic rings. The van der Waals surface area contributed by atoms with E-state index in [2.05, 4.69) is 0 Å². The highest BCUT2D eigenvalue weighted by atomic mass is 16.5. The van der Waals surface area contributed by atoms with E-state index in [1.165, 1.54) is 6.92 Å². The average Bonchev–Trinajstić information content (AvgIpc) is 2.39. The molecule has 1 aliphatic carbocycles. The predicted octanol–water partition coefficient (Wildman–Crippen LogP) is 3.54. The van der Waals surface area contributed by atoms with Crippen LogP contribution >= 0.6 is 0 Å². The van der Waals surface area contributed by atoms with E-state index in [0.29, 0.717) is 0 Å². The van der Waals surface area contributed by atoms with Gasteiger partial charge in [-0.15, -0.1) is 0 Å². The number of rotatable bonds is 3. The van der Waals surface area contributed by atoms with Gasteiger partial charge in [-0.2, -0.15) is 0 Å². The lowest BCUT2D eigenvalue weighted by molar-refractivity contribution is -0.137. The minimum Gasteiger partial charge on any atom is -0.497 e. The van der Waals surface area contributed by atoms with Crippen LogP contribution in [0.3, 0.4) is 0 Å². The zero-order valence-corrected chi connectivity index (χ0v) is 10.9. The third kappa shape index (κ3) is 2.92. The van der Waals surface area contributed by atoms with Crippen molar-refractivity contribution in [1.82, 2.24) is 0 Å². The van der Waals surface area contributed by atoms with Crippen molar-refractivity contribution in [1.29, 1.82) is 0 Å². The second-order valence-corrected chi connectivity index (χ2v) is 4.43. The van der Waals surface area contributed by atoms with Crippen LogP contribution in [0.1, 0.15) is 38.2 Å². The molecule has 0 amide bonds. The number of carbonyl (C=O) groups is 1. The highest BCUT2D eigenvalue weighted by molar-refractivity contribution is 5.73. The Morgan fingerprint density at radius 1 is 1.11 bits per heavy atom. The summed E-state index contributed by atoms with van der Waals surface area (Å²) in [5.74, 6) is 1.43. The molecule has 0 spiro atoms. The molecular weight excluding hydrogens is 228 g/mol. The molecule has 1 aromatic carbocycles. The van der Waals surface area contributed by atoms with E-state index in [0.717, 1.165) is 48.3 Å². The maximum Gasteiger partial charge on any atom is 0.307 e. The molecule has 0 bridgehead atoms. The van der Waals surface area contributed by atoms with Crippen LogP contribution in [-0.2, 0) is 9.53 Å². The molecule has 96 valence electrons. The van der Waals surface area contributed by atoms with E-state index in [1.807, 2.05) is 24.3 Å². The van der Waals surface area contributed by atoms with Crippen molar-refractivity contribution in [2.45, 2.75) is 32.6 Å². The van der Waals surface area contributed by atoms with Gasteiger partial charge in [-0.25, -0.2) is 0 Å². The van der Waals surface area contributed by atoms with Crippen molar-refractivity contribution < 1.29 is 14.3 Å². The van der Waals surface area contributed by atoms with Gasteiger partial charge in [0.15, 0.2) is 0 Å². The summed E-state index contributed by atoms with van der Waals surface area (Å²) in [5.41, 5.74) is 2.27. The van der Waals surface area contributed by atoms with E-state index in [1.54, 1.807) is 7.11 Å². The molecule has 0 atom stereocenters. The van der Waals surface area contributed by atoms with Gasteiger partial charge in [0.05, 0.1) is 7.11 Å². The molecule has 0 fully saturated rings. The first kappa shape index (κ1) is 12.7. The Kier molecular flexibility index (Phi) is 4.03. The standard InChI is InChI=1S/C15H18O3/c1-11(16)18-15-6-4-3-5-14(15)12-7-9-13(17-2)10-8-12/h7-10H,3-6H2,1-2H3. The second-order valence-electron chi connectivity index (χ2n) is 4.43. The summed E-state index contributed by atoms with van der Waals surface area (Å²) in [6, 6.07) is 7.90. The molecule has 2 rings (SSSR count). The van der Waals surface area contributed by atoms with Crippen molar-refractivity contribution in [3.8, 4) is 5.75 Å². The van der Waals surface area contributed by atoms with Crippen LogP contribution in [0, 0.1) is 0 Å². The first-order chi connectivity index (χ1) is 8.70.